The zero-order chi connectivity index (χ0) is 48.6. The van der Waals surface area contributed by atoms with Crippen molar-refractivity contribution in [1.82, 2.24) is 49.3 Å². The number of para-hydroxylation sites is 1. The molecule has 7 aromatic rings. The summed E-state index contributed by atoms with van der Waals surface area (Å²) in [5.41, 5.74) is 5.86. The molecule has 352 valence electrons. The van der Waals surface area contributed by atoms with Crippen molar-refractivity contribution in [3.05, 3.63) is 190 Å². The average Bonchev–Trinajstić information content (AvgIpc) is 4.12. The minimum atomic E-state index is -1.00. The van der Waals surface area contributed by atoms with Crippen molar-refractivity contribution in [2.24, 2.45) is 9.98 Å². The molecule has 11 rings (SSSR count). The highest BCUT2D eigenvalue weighted by molar-refractivity contribution is 6.15. The summed E-state index contributed by atoms with van der Waals surface area (Å²) in [5.74, 6) is 4.73. The Balaban J connectivity index is 0.000000150. The van der Waals surface area contributed by atoms with E-state index in [1.807, 2.05) is 139 Å². The van der Waals surface area contributed by atoms with Gasteiger partial charge in [-0.25, -0.2) is 39.5 Å². The third-order valence-electron chi connectivity index (χ3n) is 11.8. The maximum absolute atomic E-state index is 13.2. The number of amides is 2. The highest BCUT2D eigenvalue weighted by atomic mass is 16.5. The van der Waals surface area contributed by atoms with Crippen molar-refractivity contribution >= 4 is 35.2 Å². The molecule has 2 amide bonds. The summed E-state index contributed by atoms with van der Waals surface area (Å²) in [5, 5.41) is 3.16. The number of urea groups is 1. The number of fused-ring (bicyclic) bond motifs is 6. The first-order chi connectivity index (χ1) is 34.2. The number of nitrogens with one attached hydrogen (secondary N) is 2. The largest absolute Gasteiger partial charge is 0.497 e. The number of ether oxygens (including phenoxy) is 4. The number of nitrogens with zero attached hydrogens (tertiary/aromatic N) is 10. The Morgan fingerprint density at radius 1 is 0.629 bits per heavy atom. The van der Waals surface area contributed by atoms with E-state index in [1.165, 1.54) is 17.2 Å². The van der Waals surface area contributed by atoms with Crippen molar-refractivity contribution in [3.8, 4) is 34.5 Å². The molecule has 4 aliphatic heterocycles. The molecule has 0 bridgehead atoms. The molecule has 18 heteroatoms. The van der Waals surface area contributed by atoms with E-state index in [2.05, 4.69) is 45.2 Å². The number of aromatic nitrogens is 8. The van der Waals surface area contributed by atoms with Crippen molar-refractivity contribution in [1.29, 1.82) is 0 Å². The van der Waals surface area contributed by atoms with Crippen LogP contribution >= 0.6 is 0 Å². The van der Waals surface area contributed by atoms with Gasteiger partial charge >= 0.3 is 11.7 Å². The second-order valence-corrected chi connectivity index (χ2v) is 16.1. The van der Waals surface area contributed by atoms with Crippen LogP contribution in [0.15, 0.2) is 161 Å². The molecule has 18 nitrogen and oxygen atoms in total. The summed E-state index contributed by atoms with van der Waals surface area (Å²) in [6.45, 7) is 3.29. The number of H-pyrrole nitrogens is 1. The van der Waals surface area contributed by atoms with Crippen LogP contribution in [0, 0.1) is 6.92 Å². The number of aromatic amines is 1. The van der Waals surface area contributed by atoms with Crippen LogP contribution in [0.3, 0.4) is 0 Å². The zero-order valence-electron chi connectivity index (χ0n) is 39.0. The van der Waals surface area contributed by atoms with Crippen LogP contribution in [0.5, 0.6) is 23.0 Å². The van der Waals surface area contributed by atoms with Gasteiger partial charge in [0.2, 0.25) is 0 Å². The molecule has 0 spiro atoms. The van der Waals surface area contributed by atoms with E-state index >= 15 is 0 Å². The van der Waals surface area contributed by atoms with Crippen LogP contribution in [0.2, 0.25) is 0 Å². The van der Waals surface area contributed by atoms with Crippen molar-refractivity contribution in [3.63, 3.8) is 0 Å². The maximum atomic E-state index is 13.2. The Morgan fingerprint density at radius 3 is 1.81 bits per heavy atom. The summed E-state index contributed by atoms with van der Waals surface area (Å²) in [4.78, 5) is 61.6. The standard InChI is InChI=1S/C23H20N6O3.C22H20N6O2.C7H8O/c1-31-17-7-3-15(4-8-17)11-28-14-26-19-20-22(25-13-24-21(19)28)29(23(30)27-20)12-16-5-9-18(32-2)10-6-16;1-14-3-7-16(8-4-14)22-18-19(24-12-23-18)25-13-26-20(22)28(21(29)27-22)11-15-5-9-17(30-2)10-6-15;1-8-7-5-3-2-4-6-7/h3-10,13-14H,11-12H2,1-2H3;3-10,12-13H,11H2,1-2H3,(H,23,24)(H,27,29);2-6H,1H3. The van der Waals surface area contributed by atoms with Gasteiger partial charge in [-0.3, -0.25) is 9.47 Å². The molecule has 4 aliphatic rings. The van der Waals surface area contributed by atoms with E-state index < -0.39 is 5.54 Å². The smallest absolute Gasteiger partial charge is 0.350 e. The Hall–Kier alpha value is -9.19. The van der Waals surface area contributed by atoms with Crippen molar-refractivity contribution < 1.29 is 23.7 Å². The van der Waals surface area contributed by atoms with Crippen LogP contribution in [0.25, 0.3) is 22.7 Å². The van der Waals surface area contributed by atoms with Crippen LogP contribution in [0.1, 0.15) is 33.5 Å². The molecule has 1 fully saturated rings. The fourth-order valence-electron chi connectivity index (χ4n) is 8.12. The third-order valence-corrected chi connectivity index (χ3v) is 11.8. The lowest BCUT2D eigenvalue weighted by atomic mass is 9.85. The lowest BCUT2D eigenvalue weighted by Gasteiger charge is -2.29. The van der Waals surface area contributed by atoms with Crippen LogP contribution < -0.4 is 30.0 Å². The summed E-state index contributed by atoms with van der Waals surface area (Å²) in [6.07, 6.45) is 6.18. The number of aliphatic imine (C=N–C) groups is 2. The first kappa shape index (κ1) is 45.9. The van der Waals surface area contributed by atoms with Crippen LogP contribution in [-0.2, 0) is 25.2 Å². The highest BCUT2D eigenvalue weighted by Gasteiger charge is 2.54. The molecule has 6 heterocycles. The SMILES string of the molecule is COc1ccc(CN2C(=O)NC3(c4ccc(C)cc4)C2=NC=Nc2nc[nH]c23)cc1.COc1ccc(Cn2c3ncnc4c(ncn4Cc4ccc(OC)cc4)c-3nc2=O)cc1.COc1ccccc1. The molecular weight excluding hydrogens is 889 g/mol. The highest BCUT2D eigenvalue weighted by Crippen LogP contribution is 2.41. The predicted molar refractivity (Wildman–Crippen MR) is 264 cm³/mol. The number of rotatable bonds is 11. The van der Waals surface area contributed by atoms with E-state index in [9.17, 15) is 9.59 Å². The molecule has 0 saturated carbocycles. The van der Waals surface area contributed by atoms with E-state index in [-0.39, 0.29) is 11.7 Å². The van der Waals surface area contributed by atoms with Crippen LogP contribution in [-0.4, -0.2) is 90.6 Å². The molecule has 1 atom stereocenters. The molecule has 2 N–H and O–H groups in total. The zero-order valence-corrected chi connectivity index (χ0v) is 39.0. The Kier molecular flexibility index (Phi) is 13.4. The second-order valence-electron chi connectivity index (χ2n) is 16.1. The molecule has 0 radical (unpaired) electrons. The molecule has 2 aromatic heterocycles. The average molecular weight is 937 g/mol. The number of carbonyl (C=O) groups excluding carboxylic acids is 1. The van der Waals surface area contributed by atoms with Gasteiger partial charge in [0.15, 0.2) is 28.7 Å². The van der Waals surface area contributed by atoms with Gasteiger partial charge in [-0.05, 0) is 77.7 Å². The molecular formula is C52H48N12O6. The Bertz CT molecular complexity index is 3320. The summed E-state index contributed by atoms with van der Waals surface area (Å²) in [6, 6.07) is 40.4. The van der Waals surface area contributed by atoms with Crippen molar-refractivity contribution in [2.75, 3.05) is 28.4 Å². The number of methoxy groups -OCH3 is 4. The van der Waals surface area contributed by atoms with E-state index in [0.29, 0.717) is 59.7 Å². The third kappa shape index (κ3) is 9.37. The minimum Gasteiger partial charge on any atom is -0.497 e. The molecule has 1 saturated heterocycles. The number of hydrogen-bond acceptors (Lipinski definition) is 13. The van der Waals surface area contributed by atoms with Crippen LogP contribution in [0.4, 0.5) is 10.6 Å². The monoisotopic (exact) mass is 936 g/mol. The lowest BCUT2D eigenvalue weighted by molar-refractivity contribution is 0.225. The Morgan fingerprint density at radius 2 is 1.21 bits per heavy atom. The van der Waals surface area contributed by atoms with Crippen molar-refractivity contribution in [2.45, 2.75) is 32.1 Å². The van der Waals surface area contributed by atoms with E-state index in [1.54, 1.807) is 46.0 Å². The van der Waals surface area contributed by atoms with Gasteiger partial charge in [0.05, 0.1) is 66.4 Å². The second kappa shape index (κ2) is 20.4. The number of imidazole rings is 3. The molecule has 0 aliphatic carbocycles. The maximum Gasteiger partial charge on any atom is 0.350 e. The first-order valence-electron chi connectivity index (χ1n) is 22.1. The summed E-state index contributed by atoms with van der Waals surface area (Å²) in [7, 11) is 6.54. The number of carbonyl (C=O) groups is 1. The van der Waals surface area contributed by atoms with E-state index in [4.69, 9.17) is 18.9 Å². The molecule has 1 unspecified atom stereocenters. The molecule has 70 heavy (non-hydrogen) atoms. The normalized spacial score (nSPS) is 14.5. The molecule has 5 aromatic carbocycles. The number of benzene rings is 5. The number of hydrogen-bond donors (Lipinski definition) is 2. The van der Waals surface area contributed by atoms with Gasteiger partial charge in [-0.2, -0.15) is 4.98 Å². The summed E-state index contributed by atoms with van der Waals surface area (Å²) >= 11 is 0. The Labute approximate surface area is 402 Å². The fourth-order valence-corrected chi connectivity index (χ4v) is 8.12. The first-order valence-corrected chi connectivity index (χ1v) is 22.1. The van der Waals surface area contributed by atoms with E-state index in [0.717, 1.165) is 50.8 Å². The quantitative estimate of drug-likeness (QED) is 0.130. The predicted octanol–water partition coefficient (Wildman–Crippen LogP) is 7.56. The topological polar surface area (TPSA) is 201 Å². The minimum absolute atomic E-state index is 0.235. The number of aryl methyl sites for hydroxylation is 1. The van der Waals surface area contributed by atoms with Gasteiger partial charge in [-0.15, -0.1) is 0 Å². The fraction of sp³-hybridized carbons (Fsp3) is 0.173. The van der Waals surface area contributed by atoms with Gasteiger partial charge in [0, 0.05) is 0 Å². The summed E-state index contributed by atoms with van der Waals surface area (Å²) < 4.78 is 24.0. The van der Waals surface area contributed by atoms with Gasteiger partial charge in [-0.1, -0.05) is 84.4 Å². The van der Waals surface area contributed by atoms with Gasteiger partial charge < -0.3 is 33.8 Å². The number of amidine groups is 1. The lowest BCUT2D eigenvalue weighted by Crippen LogP contribution is -2.45. The van der Waals surface area contributed by atoms with Gasteiger partial charge in [0.25, 0.3) is 0 Å². The van der Waals surface area contributed by atoms with Gasteiger partial charge in [0.1, 0.15) is 46.9 Å².